The first-order chi connectivity index (χ1) is 8.56. The lowest BCUT2D eigenvalue weighted by molar-refractivity contribution is 0.265. The van der Waals surface area contributed by atoms with Crippen LogP contribution < -0.4 is 5.32 Å². The highest BCUT2D eigenvalue weighted by Crippen LogP contribution is 2.21. The van der Waals surface area contributed by atoms with Crippen LogP contribution in [0.5, 0.6) is 0 Å². The average molecular weight is 255 g/mol. The summed E-state index contributed by atoms with van der Waals surface area (Å²) in [5.41, 5.74) is 0. The maximum Gasteiger partial charge on any atom is 0.00900 e. The summed E-state index contributed by atoms with van der Waals surface area (Å²) < 4.78 is 0. The highest BCUT2D eigenvalue weighted by atomic mass is 15.0. The van der Waals surface area contributed by atoms with Crippen molar-refractivity contribution in [2.75, 3.05) is 0 Å². The Bertz CT molecular complexity index is 176. The van der Waals surface area contributed by atoms with Crippen molar-refractivity contribution in [1.82, 2.24) is 5.32 Å². The molecule has 3 atom stereocenters. The van der Waals surface area contributed by atoms with Crippen molar-refractivity contribution in [1.29, 1.82) is 0 Å². The molecule has 1 heteroatoms. The van der Waals surface area contributed by atoms with Gasteiger partial charge in [-0.2, -0.15) is 0 Å². The summed E-state index contributed by atoms with van der Waals surface area (Å²) in [5, 5.41) is 3.88. The third-order valence-electron chi connectivity index (χ3n) is 4.27. The van der Waals surface area contributed by atoms with Gasteiger partial charge >= 0.3 is 0 Å². The summed E-state index contributed by atoms with van der Waals surface area (Å²) in [6, 6.07) is 1.36. The van der Waals surface area contributed by atoms with Crippen LogP contribution in [0.25, 0.3) is 0 Å². The van der Waals surface area contributed by atoms with E-state index in [1.807, 2.05) is 0 Å². The first-order valence-electron chi connectivity index (χ1n) is 8.32. The summed E-state index contributed by atoms with van der Waals surface area (Å²) in [5.74, 6) is 1.62. The van der Waals surface area contributed by atoms with E-state index in [1.54, 1.807) is 0 Å². The normalized spacial score (nSPS) is 16.8. The van der Waals surface area contributed by atoms with E-state index in [0.29, 0.717) is 12.1 Å². The summed E-state index contributed by atoms with van der Waals surface area (Å²) in [6.07, 6.45) is 9.50. The summed E-state index contributed by atoms with van der Waals surface area (Å²) >= 11 is 0. The van der Waals surface area contributed by atoms with Crippen LogP contribution in [0.4, 0.5) is 0 Å². The highest BCUT2D eigenvalue weighted by Gasteiger charge is 2.20. The Balaban J connectivity index is 4.22. The first-order valence-corrected chi connectivity index (χ1v) is 8.32. The maximum absolute atomic E-state index is 3.88. The molecular formula is C17H37N. The highest BCUT2D eigenvalue weighted by molar-refractivity contribution is 4.78. The van der Waals surface area contributed by atoms with Crippen LogP contribution in [0.2, 0.25) is 0 Å². The minimum atomic E-state index is 0.675. The average Bonchev–Trinajstić information content (AvgIpc) is 2.34. The van der Waals surface area contributed by atoms with Gasteiger partial charge in [0.15, 0.2) is 0 Å². The Morgan fingerprint density at radius 1 is 0.833 bits per heavy atom. The molecule has 0 heterocycles. The van der Waals surface area contributed by atoms with Gasteiger partial charge in [0.05, 0.1) is 0 Å². The lowest BCUT2D eigenvalue weighted by Crippen LogP contribution is -2.43. The standard InChI is InChI=1S/C17H37N/c1-7-10-11-13-16(12-8-2)15(6)18-17(9-3)14(4)5/h14-18H,7-13H2,1-6H3. The van der Waals surface area contributed by atoms with E-state index in [9.17, 15) is 0 Å². The maximum atomic E-state index is 3.88. The first kappa shape index (κ1) is 18.0. The zero-order valence-electron chi connectivity index (χ0n) is 13.8. The van der Waals surface area contributed by atoms with Gasteiger partial charge in [-0.3, -0.25) is 0 Å². The molecule has 110 valence electrons. The number of rotatable bonds is 11. The molecule has 0 bridgehead atoms. The van der Waals surface area contributed by atoms with Gasteiger partial charge in [-0.15, -0.1) is 0 Å². The minimum Gasteiger partial charge on any atom is -0.311 e. The van der Waals surface area contributed by atoms with E-state index in [4.69, 9.17) is 0 Å². The van der Waals surface area contributed by atoms with E-state index in [0.717, 1.165) is 11.8 Å². The molecule has 1 nitrogen and oxygen atoms in total. The Kier molecular flexibility index (Phi) is 10.8. The molecule has 0 spiro atoms. The predicted octanol–water partition coefficient (Wildman–Crippen LogP) is 5.40. The quantitative estimate of drug-likeness (QED) is 0.488. The van der Waals surface area contributed by atoms with Gasteiger partial charge in [-0.05, 0) is 38.0 Å². The van der Waals surface area contributed by atoms with Gasteiger partial charge in [-0.25, -0.2) is 0 Å². The minimum absolute atomic E-state index is 0.675. The van der Waals surface area contributed by atoms with Crippen LogP contribution in [0.1, 0.15) is 86.5 Å². The molecule has 18 heavy (non-hydrogen) atoms. The van der Waals surface area contributed by atoms with E-state index in [2.05, 4.69) is 46.9 Å². The number of hydrogen-bond acceptors (Lipinski definition) is 1. The van der Waals surface area contributed by atoms with Crippen molar-refractivity contribution in [3.05, 3.63) is 0 Å². The second kappa shape index (κ2) is 10.8. The third kappa shape index (κ3) is 7.41. The van der Waals surface area contributed by atoms with Gasteiger partial charge < -0.3 is 5.32 Å². The summed E-state index contributed by atoms with van der Waals surface area (Å²) in [7, 11) is 0. The van der Waals surface area contributed by atoms with Crippen LogP contribution >= 0.6 is 0 Å². The molecule has 0 radical (unpaired) electrons. The number of unbranched alkanes of at least 4 members (excludes halogenated alkanes) is 2. The lowest BCUT2D eigenvalue weighted by atomic mass is 9.88. The molecule has 0 aliphatic carbocycles. The van der Waals surface area contributed by atoms with Crippen LogP contribution in [0.3, 0.4) is 0 Å². The Morgan fingerprint density at radius 3 is 1.94 bits per heavy atom. The SMILES string of the molecule is CCCCCC(CCC)C(C)NC(CC)C(C)C. The molecule has 0 fully saturated rings. The second-order valence-corrected chi connectivity index (χ2v) is 6.26. The monoisotopic (exact) mass is 255 g/mol. The van der Waals surface area contributed by atoms with Crippen molar-refractivity contribution in [3.63, 3.8) is 0 Å². The van der Waals surface area contributed by atoms with Crippen molar-refractivity contribution >= 4 is 0 Å². The molecule has 3 unspecified atom stereocenters. The number of hydrogen-bond donors (Lipinski definition) is 1. The Morgan fingerprint density at radius 2 is 1.50 bits per heavy atom. The molecule has 0 aromatic rings. The Labute approximate surface area is 116 Å². The molecule has 0 saturated heterocycles. The van der Waals surface area contributed by atoms with Crippen LogP contribution in [0, 0.1) is 11.8 Å². The van der Waals surface area contributed by atoms with Gasteiger partial charge in [0.25, 0.3) is 0 Å². The smallest absolute Gasteiger partial charge is 0.00900 e. The fourth-order valence-corrected chi connectivity index (χ4v) is 2.93. The molecule has 1 N–H and O–H groups in total. The zero-order valence-corrected chi connectivity index (χ0v) is 13.8. The fraction of sp³-hybridized carbons (Fsp3) is 1.00. The molecule has 0 aromatic heterocycles. The molecule has 0 aliphatic heterocycles. The number of nitrogens with one attached hydrogen (secondary N) is 1. The van der Waals surface area contributed by atoms with Gasteiger partial charge in [0.2, 0.25) is 0 Å². The summed E-state index contributed by atoms with van der Waals surface area (Å²) in [6.45, 7) is 14.0. The second-order valence-electron chi connectivity index (χ2n) is 6.26. The fourth-order valence-electron chi connectivity index (χ4n) is 2.93. The van der Waals surface area contributed by atoms with Crippen molar-refractivity contribution in [2.45, 2.75) is 98.6 Å². The van der Waals surface area contributed by atoms with Gasteiger partial charge in [0, 0.05) is 12.1 Å². The van der Waals surface area contributed by atoms with Crippen LogP contribution in [-0.4, -0.2) is 12.1 Å². The van der Waals surface area contributed by atoms with Crippen LogP contribution in [-0.2, 0) is 0 Å². The van der Waals surface area contributed by atoms with E-state index in [-0.39, 0.29) is 0 Å². The van der Waals surface area contributed by atoms with E-state index < -0.39 is 0 Å². The predicted molar refractivity (Wildman–Crippen MR) is 84.1 cm³/mol. The molecule has 0 aliphatic rings. The van der Waals surface area contributed by atoms with Gasteiger partial charge in [0.1, 0.15) is 0 Å². The van der Waals surface area contributed by atoms with E-state index >= 15 is 0 Å². The topological polar surface area (TPSA) is 12.0 Å². The lowest BCUT2D eigenvalue weighted by Gasteiger charge is -2.31. The van der Waals surface area contributed by atoms with Crippen molar-refractivity contribution < 1.29 is 0 Å². The Hall–Kier alpha value is -0.0400. The molecule has 0 aromatic carbocycles. The molecule has 0 rings (SSSR count). The largest absolute Gasteiger partial charge is 0.311 e. The van der Waals surface area contributed by atoms with Crippen molar-refractivity contribution in [3.8, 4) is 0 Å². The molecular weight excluding hydrogens is 218 g/mol. The van der Waals surface area contributed by atoms with Crippen LogP contribution in [0.15, 0.2) is 0 Å². The van der Waals surface area contributed by atoms with E-state index in [1.165, 1.54) is 44.9 Å². The third-order valence-corrected chi connectivity index (χ3v) is 4.27. The summed E-state index contributed by atoms with van der Waals surface area (Å²) in [4.78, 5) is 0. The molecule has 0 amide bonds. The molecule has 0 saturated carbocycles. The van der Waals surface area contributed by atoms with Gasteiger partial charge in [-0.1, -0.05) is 60.3 Å². The zero-order chi connectivity index (χ0) is 14.0. The van der Waals surface area contributed by atoms with Crippen molar-refractivity contribution in [2.24, 2.45) is 11.8 Å².